The van der Waals surface area contributed by atoms with Crippen molar-refractivity contribution in [3.05, 3.63) is 29.3 Å². The third-order valence-electron chi connectivity index (χ3n) is 4.11. The fraction of sp³-hybridized carbons (Fsp3) is 0.467. The van der Waals surface area contributed by atoms with Crippen molar-refractivity contribution >= 4 is 6.03 Å². The quantitative estimate of drug-likeness (QED) is 0.891. The largest absolute Gasteiger partial charge is 0.495 e. The molecule has 1 N–H and O–H groups in total. The van der Waals surface area contributed by atoms with Crippen molar-refractivity contribution in [1.82, 2.24) is 15.1 Å². The molecule has 2 saturated heterocycles. The van der Waals surface area contributed by atoms with E-state index in [9.17, 15) is 4.79 Å². The summed E-state index contributed by atoms with van der Waals surface area (Å²) < 4.78 is 5.16. The first-order valence-corrected chi connectivity index (χ1v) is 7.05. The van der Waals surface area contributed by atoms with E-state index in [0.717, 1.165) is 38.3 Å². The normalized spacial score (nSPS) is 21.6. The van der Waals surface area contributed by atoms with Crippen LogP contribution in [0.25, 0.3) is 0 Å². The summed E-state index contributed by atoms with van der Waals surface area (Å²) >= 11 is 0. The molecule has 1 unspecified atom stereocenters. The highest BCUT2D eigenvalue weighted by Gasteiger charge is 2.35. The molecule has 0 saturated carbocycles. The molecule has 0 radical (unpaired) electrons. The second kappa shape index (κ2) is 5.62. The van der Waals surface area contributed by atoms with Gasteiger partial charge in [0.05, 0.1) is 18.7 Å². The van der Waals surface area contributed by atoms with Crippen molar-refractivity contribution in [2.24, 2.45) is 0 Å². The Bertz CT molecular complexity index is 596. The molecule has 6 nitrogen and oxygen atoms in total. The van der Waals surface area contributed by atoms with Crippen LogP contribution in [0.15, 0.2) is 18.2 Å². The molecule has 2 heterocycles. The predicted molar refractivity (Wildman–Crippen MR) is 76.9 cm³/mol. The van der Waals surface area contributed by atoms with Crippen LogP contribution in [0, 0.1) is 11.3 Å². The Kier molecular flexibility index (Phi) is 3.67. The summed E-state index contributed by atoms with van der Waals surface area (Å²) in [5.41, 5.74) is 1.66. The molecular weight excluding hydrogens is 268 g/mol. The van der Waals surface area contributed by atoms with Gasteiger partial charge in [0.1, 0.15) is 11.8 Å². The molecule has 2 fully saturated rings. The van der Waals surface area contributed by atoms with Crippen molar-refractivity contribution < 1.29 is 9.53 Å². The van der Waals surface area contributed by atoms with Gasteiger partial charge in [0.2, 0.25) is 0 Å². The summed E-state index contributed by atoms with van der Waals surface area (Å²) in [4.78, 5) is 15.8. The molecule has 1 aromatic rings. The lowest BCUT2D eigenvalue weighted by Gasteiger charge is -2.36. The maximum atomic E-state index is 11.6. The number of nitriles is 1. The van der Waals surface area contributed by atoms with Crippen molar-refractivity contribution in [1.29, 1.82) is 5.26 Å². The van der Waals surface area contributed by atoms with Crippen LogP contribution in [0.4, 0.5) is 4.79 Å². The van der Waals surface area contributed by atoms with Crippen LogP contribution in [0.5, 0.6) is 5.75 Å². The third kappa shape index (κ3) is 2.65. The van der Waals surface area contributed by atoms with E-state index in [-0.39, 0.29) is 12.1 Å². The number of fused-ring (bicyclic) bond motifs is 1. The minimum absolute atomic E-state index is 0.0517. The van der Waals surface area contributed by atoms with Gasteiger partial charge in [0.15, 0.2) is 0 Å². The topological polar surface area (TPSA) is 68.6 Å². The van der Waals surface area contributed by atoms with Crippen molar-refractivity contribution in [2.75, 3.05) is 33.3 Å². The van der Waals surface area contributed by atoms with Crippen LogP contribution in [0.2, 0.25) is 0 Å². The van der Waals surface area contributed by atoms with Gasteiger partial charge in [-0.05, 0) is 17.7 Å². The van der Waals surface area contributed by atoms with Crippen LogP contribution in [0.3, 0.4) is 0 Å². The van der Waals surface area contributed by atoms with E-state index >= 15 is 0 Å². The highest BCUT2D eigenvalue weighted by atomic mass is 16.5. The monoisotopic (exact) mass is 286 g/mol. The fourth-order valence-electron chi connectivity index (χ4n) is 3.01. The minimum Gasteiger partial charge on any atom is -0.495 e. The maximum absolute atomic E-state index is 11.6. The second-order valence-electron chi connectivity index (χ2n) is 5.41. The summed E-state index contributed by atoms with van der Waals surface area (Å²) in [6, 6.07) is 8.18. The number of amides is 2. The van der Waals surface area contributed by atoms with Crippen LogP contribution in [-0.2, 0) is 6.54 Å². The molecular formula is C15H18N4O2. The van der Waals surface area contributed by atoms with E-state index < -0.39 is 0 Å². The van der Waals surface area contributed by atoms with Crippen molar-refractivity contribution in [3.63, 3.8) is 0 Å². The van der Waals surface area contributed by atoms with Gasteiger partial charge in [-0.3, -0.25) is 4.90 Å². The third-order valence-corrected chi connectivity index (χ3v) is 4.11. The van der Waals surface area contributed by atoms with E-state index in [1.807, 2.05) is 23.1 Å². The molecule has 2 amide bonds. The number of hydrogen-bond acceptors (Lipinski definition) is 4. The number of urea groups is 1. The Morgan fingerprint density at radius 3 is 3.10 bits per heavy atom. The standard InChI is InChI=1S/C15H18N4O2/c1-21-14-3-2-11(6-12(14)7-16)9-18-4-5-19-13(10-18)8-17-15(19)20/h2-3,6,13H,4-5,8-10H2,1H3,(H,17,20). The Balaban J connectivity index is 1.68. The van der Waals surface area contributed by atoms with Crippen molar-refractivity contribution in [3.8, 4) is 11.8 Å². The van der Waals surface area contributed by atoms with Gasteiger partial charge in [-0.1, -0.05) is 6.07 Å². The lowest BCUT2D eigenvalue weighted by molar-refractivity contribution is 0.116. The summed E-state index contributed by atoms with van der Waals surface area (Å²) in [6.07, 6.45) is 0. The Morgan fingerprint density at radius 2 is 2.33 bits per heavy atom. The second-order valence-corrected chi connectivity index (χ2v) is 5.41. The summed E-state index contributed by atoms with van der Waals surface area (Å²) in [7, 11) is 1.57. The zero-order chi connectivity index (χ0) is 14.8. The van der Waals surface area contributed by atoms with Crippen molar-refractivity contribution in [2.45, 2.75) is 12.6 Å². The van der Waals surface area contributed by atoms with Gasteiger partial charge in [-0.15, -0.1) is 0 Å². The zero-order valence-electron chi connectivity index (χ0n) is 12.0. The summed E-state index contributed by atoms with van der Waals surface area (Å²) in [5.74, 6) is 0.608. The molecule has 2 aliphatic heterocycles. The average molecular weight is 286 g/mol. The first kappa shape index (κ1) is 13.7. The SMILES string of the molecule is COc1ccc(CN2CCN3C(=O)NCC3C2)cc1C#N. The highest BCUT2D eigenvalue weighted by molar-refractivity contribution is 5.77. The number of carbonyl (C=O) groups excluding carboxylic acids is 1. The Morgan fingerprint density at radius 1 is 1.48 bits per heavy atom. The lowest BCUT2D eigenvalue weighted by atomic mass is 10.1. The Labute approximate surface area is 123 Å². The van der Waals surface area contributed by atoms with Crippen LogP contribution >= 0.6 is 0 Å². The van der Waals surface area contributed by atoms with Crippen LogP contribution < -0.4 is 10.1 Å². The molecule has 1 aromatic carbocycles. The predicted octanol–water partition coefficient (Wildman–Crippen LogP) is 0.776. The maximum Gasteiger partial charge on any atom is 0.317 e. The first-order valence-electron chi connectivity index (χ1n) is 7.05. The van der Waals surface area contributed by atoms with E-state index in [1.54, 1.807) is 7.11 Å². The molecule has 3 rings (SSSR count). The van der Waals surface area contributed by atoms with Gasteiger partial charge in [-0.2, -0.15) is 5.26 Å². The molecule has 6 heteroatoms. The lowest BCUT2D eigenvalue weighted by Crippen LogP contribution is -2.51. The van der Waals surface area contributed by atoms with Gasteiger partial charge >= 0.3 is 6.03 Å². The molecule has 21 heavy (non-hydrogen) atoms. The molecule has 0 bridgehead atoms. The van der Waals surface area contributed by atoms with E-state index in [1.165, 1.54) is 0 Å². The van der Waals surface area contributed by atoms with E-state index in [4.69, 9.17) is 10.00 Å². The van der Waals surface area contributed by atoms with Crippen LogP contribution in [0.1, 0.15) is 11.1 Å². The number of ether oxygens (including phenoxy) is 1. The number of rotatable bonds is 3. The number of carbonyl (C=O) groups is 1. The molecule has 0 aliphatic carbocycles. The van der Waals surface area contributed by atoms with Gasteiger partial charge < -0.3 is 15.0 Å². The minimum atomic E-state index is 0.0517. The van der Waals surface area contributed by atoms with Gasteiger partial charge in [-0.25, -0.2) is 4.79 Å². The van der Waals surface area contributed by atoms with Gasteiger partial charge in [0, 0.05) is 32.7 Å². The number of benzene rings is 1. The molecule has 110 valence electrons. The summed E-state index contributed by atoms with van der Waals surface area (Å²) in [5, 5.41) is 12.0. The average Bonchev–Trinajstić information content (AvgIpc) is 2.88. The van der Waals surface area contributed by atoms with E-state index in [2.05, 4.69) is 16.3 Å². The highest BCUT2D eigenvalue weighted by Crippen LogP contribution is 2.21. The van der Waals surface area contributed by atoms with Gasteiger partial charge in [0.25, 0.3) is 0 Å². The Hall–Kier alpha value is -2.26. The fourth-order valence-corrected chi connectivity index (χ4v) is 3.01. The smallest absolute Gasteiger partial charge is 0.317 e. The molecule has 0 aromatic heterocycles. The molecule has 1 atom stereocenters. The number of nitrogens with one attached hydrogen (secondary N) is 1. The number of hydrogen-bond donors (Lipinski definition) is 1. The number of piperazine rings is 1. The van der Waals surface area contributed by atoms with Crippen LogP contribution in [-0.4, -0.2) is 55.2 Å². The first-order chi connectivity index (χ1) is 10.2. The van der Waals surface area contributed by atoms with E-state index in [0.29, 0.717) is 11.3 Å². The number of methoxy groups -OCH3 is 1. The molecule has 2 aliphatic rings. The zero-order valence-corrected chi connectivity index (χ0v) is 12.0. The molecule has 0 spiro atoms. The number of nitrogens with zero attached hydrogens (tertiary/aromatic N) is 3. The summed E-state index contributed by atoms with van der Waals surface area (Å²) in [6.45, 7) is 4.00.